The third-order valence-electron chi connectivity index (χ3n) is 2.27. The first-order chi connectivity index (χ1) is 8.47. The van der Waals surface area contributed by atoms with Gasteiger partial charge in [-0.05, 0) is 25.5 Å². The molecule has 0 aliphatic carbocycles. The number of rotatable bonds is 4. The Morgan fingerprint density at radius 2 is 2.17 bits per heavy atom. The SMILES string of the molecule is CCOC(=O)C(N)C(=O)Nc1cccc(C)c1Cl. The lowest BCUT2D eigenvalue weighted by molar-refractivity contribution is -0.146. The van der Waals surface area contributed by atoms with Crippen molar-refractivity contribution in [1.29, 1.82) is 0 Å². The lowest BCUT2D eigenvalue weighted by Gasteiger charge is -2.12. The lowest BCUT2D eigenvalue weighted by atomic mass is 10.2. The summed E-state index contributed by atoms with van der Waals surface area (Å²) in [5, 5.41) is 2.91. The summed E-state index contributed by atoms with van der Waals surface area (Å²) in [6.07, 6.45) is 0. The van der Waals surface area contributed by atoms with Crippen LogP contribution in [-0.4, -0.2) is 24.5 Å². The number of esters is 1. The minimum atomic E-state index is -1.36. The molecule has 0 fully saturated rings. The van der Waals surface area contributed by atoms with Gasteiger partial charge in [0.25, 0.3) is 5.91 Å². The molecule has 1 aromatic rings. The van der Waals surface area contributed by atoms with Gasteiger partial charge in [0.1, 0.15) is 0 Å². The first kappa shape index (κ1) is 14.5. The van der Waals surface area contributed by atoms with Crippen molar-refractivity contribution in [3.63, 3.8) is 0 Å². The number of carbonyl (C=O) groups excluding carboxylic acids is 2. The van der Waals surface area contributed by atoms with E-state index in [-0.39, 0.29) is 6.61 Å². The molecule has 1 rings (SSSR count). The highest BCUT2D eigenvalue weighted by Gasteiger charge is 2.24. The number of nitrogens with one attached hydrogen (secondary N) is 1. The predicted octanol–water partition coefficient (Wildman–Crippen LogP) is 1.48. The summed E-state index contributed by atoms with van der Waals surface area (Å²) in [6.45, 7) is 3.62. The number of halogens is 1. The monoisotopic (exact) mass is 270 g/mol. The number of aryl methyl sites for hydroxylation is 1. The molecular formula is C12H15ClN2O3. The van der Waals surface area contributed by atoms with Gasteiger partial charge in [0.05, 0.1) is 17.3 Å². The fourth-order valence-electron chi connectivity index (χ4n) is 1.29. The average Bonchev–Trinajstić information content (AvgIpc) is 2.34. The van der Waals surface area contributed by atoms with E-state index in [4.69, 9.17) is 17.3 Å². The fourth-order valence-corrected chi connectivity index (χ4v) is 1.47. The van der Waals surface area contributed by atoms with Crippen molar-refractivity contribution < 1.29 is 14.3 Å². The maximum atomic E-state index is 11.7. The van der Waals surface area contributed by atoms with Gasteiger partial charge in [-0.1, -0.05) is 23.7 Å². The van der Waals surface area contributed by atoms with Crippen LogP contribution in [0, 0.1) is 6.92 Å². The van der Waals surface area contributed by atoms with Crippen LogP contribution in [0.5, 0.6) is 0 Å². The molecule has 6 heteroatoms. The van der Waals surface area contributed by atoms with Crippen LogP contribution in [0.4, 0.5) is 5.69 Å². The van der Waals surface area contributed by atoms with Gasteiger partial charge < -0.3 is 15.8 Å². The standard InChI is InChI=1S/C12H15ClN2O3/c1-3-18-12(17)10(14)11(16)15-8-6-4-5-7(2)9(8)13/h4-6,10H,3,14H2,1-2H3,(H,15,16). The summed E-state index contributed by atoms with van der Waals surface area (Å²) in [4.78, 5) is 23.0. The van der Waals surface area contributed by atoms with Gasteiger partial charge in [-0.15, -0.1) is 0 Å². The van der Waals surface area contributed by atoms with E-state index < -0.39 is 17.9 Å². The summed E-state index contributed by atoms with van der Waals surface area (Å²) in [7, 11) is 0. The zero-order valence-corrected chi connectivity index (χ0v) is 11.0. The van der Waals surface area contributed by atoms with E-state index in [9.17, 15) is 9.59 Å². The van der Waals surface area contributed by atoms with E-state index in [0.29, 0.717) is 10.7 Å². The Labute approximate surface area is 110 Å². The molecule has 0 bridgehead atoms. The topological polar surface area (TPSA) is 81.4 Å². The second kappa shape index (κ2) is 6.37. The van der Waals surface area contributed by atoms with Crippen molar-refractivity contribution in [2.24, 2.45) is 5.73 Å². The molecule has 0 spiro atoms. The summed E-state index contributed by atoms with van der Waals surface area (Å²) in [6, 6.07) is 3.82. The van der Waals surface area contributed by atoms with Crippen molar-refractivity contribution in [2.45, 2.75) is 19.9 Å². The van der Waals surface area contributed by atoms with Gasteiger partial charge in [-0.2, -0.15) is 0 Å². The Bertz CT molecular complexity index is 463. The number of carbonyl (C=O) groups is 2. The first-order valence-electron chi connectivity index (χ1n) is 5.45. The number of amides is 1. The van der Waals surface area contributed by atoms with Gasteiger partial charge in [0, 0.05) is 0 Å². The molecule has 1 atom stereocenters. The molecule has 0 saturated carbocycles. The second-order valence-electron chi connectivity index (χ2n) is 3.66. The van der Waals surface area contributed by atoms with E-state index in [1.807, 2.05) is 13.0 Å². The summed E-state index contributed by atoms with van der Waals surface area (Å²) in [5.41, 5.74) is 6.69. The molecule has 3 N–H and O–H groups in total. The summed E-state index contributed by atoms with van der Waals surface area (Å²) in [5.74, 6) is -1.42. The van der Waals surface area contributed by atoms with Crippen LogP contribution in [0.25, 0.3) is 0 Å². The van der Waals surface area contributed by atoms with Crippen LogP contribution in [-0.2, 0) is 14.3 Å². The minimum Gasteiger partial charge on any atom is -0.464 e. The number of ether oxygens (including phenoxy) is 1. The molecule has 0 saturated heterocycles. The maximum Gasteiger partial charge on any atom is 0.332 e. The maximum absolute atomic E-state index is 11.7. The average molecular weight is 271 g/mol. The zero-order valence-electron chi connectivity index (χ0n) is 10.2. The van der Waals surface area contributed by atoms with Gasteiger partial charge in [0.2, 0.25) is 0 Å². The second-order valence-corrected chi connectivity index (χ2v) is 4.03. The molecule has 0 heterocycles. The molecule has 18 heavy (non-hydrogen) atoms. The van der Waals surface area contributed by atoms with Gasteiger partial charge in [-0.25, -0.2) is 4.79 Å². The third kappa shape index (κ3) is 3.45. The molecule has 0 aliphatic heterocycles. The smallest absolute Gasteiger partial charge is 0.332 e. The predicted molar refractivity (Wildman–Crippen MR) is 69.4 cm³/mol. The molecule has 1 unspecified atom stereocenters. The zero-order chi connectivity index (χ0) is 13.7. The Morgan fingerprint density at radius 3 is 2.78 bits per heavy atom. The molecule has 0 aliphatic rings. The van der Waals surface area contributed by atoms with Crippen LogP contribution in [0.2, 0.25) is 5.02 Å². The fraction of sp³-hybridized carbons (Fsp3) is 0.333. The highest BCUT2D eigenvalue weighted by molar-refractivity contribution is 6.34. The largest absolute Gasteiger partial charge is 0.464 e. The van der Waals surface area contributed by atoms with E-state index in [0.717, 1.165) is 5.56 Å². The van der Waals surface area contributed by atoms with Gasteiger partial charge >= 0.3 is 5.97 Å². The number of nitrogens with two attached hydrogens (primary N) is 1. The highest BCUT2D eigenvalue weighted by Crippen LogP contribution is 2.25. The normalized spacial score (nSPS) is 11.8. The molecule has 1 amide bonds. The van der Waals surface area contributed by atoms with E-state index in [1.165, 1.54) is 0 Å². The van der Waals surface area contributed by atoms with Crippen molar-refractivity contribution in [3.8, 4) is 0 Å². The summed E-state index contributed by atoms with van der Waals surface area (Å²) < 4.78 is 4.66. The van der Waals surface area contributed by atoms with Crippen LogP contribution < -0.4 is 11.1 Å². The van der Waals surface area contributed by atoms with E-state index in [1.54, 1.807) is 19.1 Å². The Hall–Kier alpha value is -1.59. The van der Waals surface area contributed by atoms with Crippen molar-refractivity contribution in [3.05, 3.63) is 28.8 Å². The molecule has 1 aromatic carbocycles. The molecule has 0 radical (unpaired) electrons. The van der Waals surface area contributed by atoms with E-state index >= 15 is 0 Å². The molecular weight excluding hydrogens is 256 g/mol. The van der Waals surface area contributed by atoms with Crippen LogP contribution in [0.3, 0.4) is 0 Å². The number of anilines is 1. The number of hydrogen-bond acceptors (Lipinski definition) is 4. The molecule has 0 aromatic heterocycles. The highest BCUT2D eigenvalue weighted by atomic mass is 35.5. The Balaban J connectivity index is 2.75. The quantitative estimate of drug-likeness (QED) is 0.641. The van der Waals surface area contributed by atoms with Crippen molar-refractivity contribution in [2.75, 3.05) is 11.9 Å². The number of hydrogen-bond donors (Lipinski definition) is 2. The van der Waals surface area contributed by atoms with Crippen LogP contribution in [0.1, 0.15) is 12.5 Å². The minimum absolute atomic E-state index is 0.172. The van der Waals surface area contributed by atoms with Crippen molar-refractivity contribution >= 4 is 29.2 Å². The third-order valence-corrected chi connectivity index (χ3v) is 2.77. The summed E-state index contributed by atoms with van der Waals surface area (Å²) >= 11 is 6.01. The van der Waals surface area contributed by atoms with Gasteiger partial charge in [0.15, 0.2) is 6.04 Å². The Morgan fingerprint density at radius 1 is 1.50 bits per heavy atom. The molecule has 5 nitrogen and oxygen atoms in total. The number of benzene rings is 1. The van der Waals surface area contributed by atoms with E-state index in [2.05, 4.69) is 10.1 Å². The molecule has 98 valence electrons. The van der Waals surface area contributed by atoms with Gasteiger partial charge in [-0.3, -0.25) is 4.79 Å². The lowest BCUT2D eigenvalue weighted by Crippen LogP contribution is -2.43. The van der Waals surface area contributed by atoms with Crippen LogP contribution in [0.15, 0.2) is 18.2 Å². The first-order valence-corrected chi connectivity index (χ1v) is 5.83. The Kier molecular flexibility index (Phi) is 5.12. The van der Waals surface area contributed by atoms with Crippen LogP contribution >= 0.6 is 11.6 Å². The van der Waals surface area contributed by atoms with Crippen molar-refractivity contribution in [1.82, 2.24) is 0 Å².